The largest absolute Gasteiger partial charge is 0.378 e. The van der Waals surface area contributed by atoms with Crippen molar-refractivity contribution in [2.75, 3.05) is 5.32 Å². The Balaban J connectivity index is 2.04. The molecule has 0 bridgehead atoms. The molecule has 0 aliphatic carbocycles. The summed E-state index contributed by atoms with van der Waals surface area (Å²) in [4.78, 5) is 16.2. The van der Waals surface area contributed by atoms with Crippen LogP contribution in [0.5, 0.6) is 5.75 Å². The first kappa shape index (κ1) is 14.8. The summed E-state index contributed by atoms with van der Waals surface area (Å²) < 4.78 is 31.4. The number of hydroxylamine groups is 1. The lowest BCUT2D eigenvalue weighted by Gasteiger charge is -2.10. The van der Waals surface area contributed by atoms with Crippen LogP contribution < -0.4 is 15.6 Å². The van der Waals surface area contributed by atoms with Crippen molar-refractivity contribution in [2.45, 2.75) is 4.90 Å². The second-order valence-electron chi connectivity index (χ2n) is 3.94. The molecule has 0 saturated carbocycles. The summed E-state index contributed by atoms with van der Waals surface area (Å²) in [6.45, 7) is 0. The van der Waals surface area contributed by atoms with Gasteiger partial charge >= 0.3 is 6.03 Å². The Morgan fingerprint density at radius 2 is 1.62 bits per heavy atom. The highest BCUT2D eigenvalue weighted by Crippen LogP contribution is 2.20. The zero-order valence-electron chi connectivity index (χ0n) is 10.7. The maximum Gasteiger partial charge on any atom is 0.352 e. The second-order valence-corrected chi connectivity index (χ2v) is 5.33. The average molecular weight is 308 g/mol. The van der Waals surface area contributed by atoms with E-state index in [1.54, 1.807) is 30.3 Å². The first-order valence-electron chi connectivity index (χ1n) is 5.82. The first-order chi connectivity index (χ1) is 9.97. The maximum absolute atomic E-state index is 11.6. The van der Waals surface area contributed by atoms with Crippen LogP contribution in [0.4, 0.5) is 10.5 Å². The molecule has 0 fully saturated rings. The van der Waals surface area contributed by atoms with Crippen LogP contribution in [0.15, 0.2) is 59.5 Å². The van der Waals surface area contributed by atoms with Crippen molar-refractivity contribution in [3.05, 3.63) is 54.6 Å². The minimum atomic E-state index is -4.43. The van der Waals surface area contributed by atoms with Gasteiger partial charge in [-0.3, -0.25) is 4.55 Å². The molecule has 0 aliphatic rings. The molecule has 0 atom stereocenters. The van der Waals surface area contributed by atoms with Gasteiger partial charge in [0.1, 0.15) is 4.90 Å². The second kappa shape index (κ2) is 6.25. The zero-order valence-corrected chi connectivity index (χ0v) is 11.5. The standard InChI is InChI=1S/C13H12N2O5S/c16-13(15-20-10-6-2-1-3-7-10)14-11-8-4-5-9-12(11)21(17,18)19/h1-9H,(H2,14,15,16)(H,17,18,19). The molecule has 110 valence electrons. The van der Waals surface area contributed by atoms with E-state index in [1.807, 2.05) is 0 Å². The quantitative estimate of drug-likeness (QED) is 0.592. The third-order valence-corrected chi connectivity index (χ3v) is 3.33. The highest BCUT2D eigenvalue weighted by Gasteiger charge is 2.16. The van der Waals surface area contributed by atoms with E-state index in [9.17, 15) is 13.2 Å². The molecule has 2 amide bonds. The van der Waals surface area contributed by atoms with Crippen LogP contribution in [0.2, 0.25) is 0 Å². The number of para-hydroxylation sites is 2. The van der Waals surface area contributed by atoms with Crippen LogP contribution in [-0.2, 0) is 10.1 Å². The van der Waals surface area contributed by atoms with Crippen LogP contribution in [0, 0.1) is 0 Å². The highest BCUT2D eigenvalue weighted by molar-refractivity contribution is 7.86. The Labute approximate surface area is 121 Å². The molecule has 0 saturated heterocycles. The number of urea groups is 1. The van der Waals surface area contributed by atoms with Gasteiger partial charge in [-0.15, -0.1) is 0 Å². The first-order valence-corrected chi connectivity index (χ1v) is 7.26. The molecule has 0 radical (unpaired) electrons. The lowest BCUT2D eigenvalue weighted by atomic mass is 10.3. The van der Waals surface area contributed by atoms with Crippen molar-refractivity contribution in [1.29, 1.82) is 0 Å². The van der Waals surface area contributed by atoms with Crippen molar-refractivity contribution in [1.82, 2.24) is 5.48 Å². The summed E-state index contributed by atoms with van der Waals surface area (Å²) in [6.07, 6.45) is 0. The fourth-order valence-corrected chi connectivity index (χ4v) is 2.18. The zero-order chi connectivity index (χ0) is 15.3. The van der Waals surface area contributed by atoms with Gasteiger partial charge in [-0.05, 0) is 24.3 Å². The molecule has 2 aromatic rings. The van der Waals surface area contributed by atoms with Gasteiger partial charge in [0.15, 0.2) is 5.75 Å². The van der Waals surface area contributed by atoms with E-state index >= 15 is 0 Å². The van der Waals surface area contributed by atoms with Crippen LogP contribution in [0.1, 0.15) is 0 Å². The highest BCUT2D eigenvalue weighted by atomic mass is 32.2. The Morgan fingerprint density at radius 1 is 1.00 bits per heavy atom. The summed E-state index contributed by atoms with van der Waals surface area (Å²) in [5.74, 6) is 0.413. The fourth-order valence-electron chi connectivity index (χ4n) is 1.54. The molecule has 8 heteroatoms. The van der Waals surface area contributed by atoms with Crippen LogP contribution >= 0.6 is 0 Å². The maximum atomic E-state index is 11.6. The molecule has 0 spiro atoms. The molecular formula is C13H12N2O5S. The molecule has 2 aromatic carbocycles. The number of nitrogens with one attached hydrogen (secondary N) is 2. The summed E-state index contributed by atoms with van der Waals surface area (Å²) in [5, 5.41) is 2.27. The molecular weight excluding hydrogens is 296 g/mol. The summed E-state index contributed by atoms with van der Waals surface area (Å²) in [6, 6.07) is 13.2. The van der Waals surface area contributed by atoms with Gasteiger partial charge in [0.2, 0.25) is 0 Å². The SMILES string of the molecule is O=C(NOc1ccccc1)Nc1ccccc1S(=O)(=O)O. The number of rotatable bonds is 4. The van der Waals surface area contributed by atoms with Gasteiger partial charge in [0, 0.05) is 0 Å². The van der Waals surface area contributed by atoms with E-state index in [1.165, 1.54) is 24.3 Å². The summed E-state index contributed by atoms with van der Waals surface area (Å²) in [5.41, 5.74) is 2.04. The molecule has 0 aromatic heterocycles. The number of carbonyl (C=O) groups excluding carboxylic acids is 1. The molecule has 0 aliphatic heterocycles. The number of carbonyl (C=O) groups is 1. The lowest BCUT2D eigenvalue weighted by molar-refractivity contribution is 0.189. The molecule has 2 rings (SSSR count). The van der Waals surface area contributed by atoms with E-state index in [0.29, 0.717) is 5.75 Å². The van der Waals surface area contributed by atoms with Gasteiger partial charge in [-0.25, -0.2) is 4.79 Å². The number of anilines is 1. The Kier molecular flexibility index (Phi) is 4.41. The van der Waals surface area contributed by atoms with Crippen LogP contribution in [-0.4, -0.2) is 19.0 Å². The molecule has 21 heavy (non-hydrogen) atoms. The third kappa shape index (κ3) is 4.20. The topological polar surface area (TPSA) is 105 Å². The number of hydrogen-bond donors (Lipinski definition) is 3. The van der Waals surface area contributed by atoms with Crippen LogP contribution in [0.3, 0.4) is 0 Å². The number of amides is 2. The predicted octanol–water partition coefficient (Wildman–Crippen LogP) is 2.05. The predicted molar refractivity (Wildman–Crippen MR) is 75.5 cm³/mol. The monoisotopic (exact) mass is 308 g/mol. The third-order valence-electron chi connectivity index (χ3n) is 2.42. The van der Waals surface area contributed by atoms with Crippen molar-refractivity contribution in [3.8, 4) is 5.75 Å². The summed E-state index contributed by atoms with van der Waals surface area (Å²) in [7, 11) is -4.43. The van der Waals surface area contributed by atoms with Gasteiger partial charge < -0.3 is 10.2 Å². The van der Waals surface area contributed by atoms with Gasteiger partial charge in [0.25, 0.3) is 10.1 Å². The molecule has 0 heterocycles. The normalized spacial score (nSPS) is 10.7. The van der Waals surface area contributed by atoms with E-state index in [4.69, 9.17) is 9.39 Å². The Morgan fingerprint density at radius 3 is 2.29 bits per heavy atom. The van der Waals surface area contributed by atoms with Crippen LogP contribution in [0.25, 0.3) is 0 Å². The fraction of sp³-hybridized carbons (Fsp3) is 0. The summed E-state index contributed by atoms with van der Waals surface area (Å²) >= 11 is 0. The van der Waals surface area contributed by atoms with Crippen molar-refractivity contribution in [2.24, 2.45) is 0 Å². The molecule has 0 unspecified atom stereocenters. The lowest BCUT2D eigenvalue weighted by Crippen LogP contribution is -2.32. The average Bonchev–Trinajstić information content (AvgIpc) is 2.46. The van der Waals surface area contributed by atoms with E-state index in [2.05, 4.69) is 10.8 Å². The van der Waals surface area contributed by atoms with Crippen molar-refractivity contribution in [3.63, 3.8) is 0 Å². The van der Waals surface area contributed by atoms with E-state index < -0.39 is 21.0 Å². The minimum Gasteiger partial charge on any atom is -0.378 e. The van der Waals surface area contributed by atoms with Gasteiger partial charge in [-0.2, -0.15) is 13.9 Å². The van der Waals surface area contributed by atoms with Crippen molar-refractivity contribution >= 4 is 21.8 Å². The molecule has 7 nitrogen and oxygen atoms in total. The van der Waals surface area contributed by atoms with Crippen molar-refractivity contribution < 1.29 is 22.6 Å². The Hall–Kier alpha value is -2.58. The van der Waals surface area contributed by atoms with Gasteiger partial charge in [-0.1, -0.05) is 30.3 Å². The van der Waals surface area contributed by atoms with E-state index in [0.717, 1.165) is 0 Å². The number of benzene rings is 2. The smallest absolute Gasteiger partial charge is 0.352 e. The van der Waals surface area contributed by atoms with E-state index in [-0.39, 0.29) is 5.69 Å². The van der Waals surface area contributed by atoms with Gasteiger partial charge in [0.05, 0.1) is 5.69 Å². The number of hydrogen-bond acceptors (Lipinski definition) is 4. The minimum absolute atomic E-state index is 0.0610. The molecule has 3 N–H and O–H groups in total. The Bertz CT molecular complexity index is 731.